The molecule has 1 aromatic heterocycles. The standard InChI is InChI=1S/C25H32N4OS2/c1-3-20-5-4-6-22-24(20)27-25(32-22)29-16-14-28(15-17-29)13-12-26-23(30)11-18-31-21-9-7-19(2)8-10-21/h4-10H,3,11-18H2,1-2H3,(H,26,30). The lowest BCUT2D eigenvalue weighted by molar-refractivity contribution is -0.120. The molecule has 32 heavy (non-hydrogen) atoms. The van der Waals surface area contributed by atoms with Gasteiger partial charge in [0.1, 0.15) is 0 Å². The summed E-state index contributed by atoms with van der Waals surface area (Å²) in [6.45, 7) is 9.90. The average Bonchev–Trinajstić information content (AvgIpc) is 3.25. The number of benzene rings is 2. The maximum atomic E-state index is 12.1. The first-order valence-electron chi connectivity index (χ1n) is 11.4. The van der Waals surface area contributed by atoms with Gasteiger partial charge in [0.15, 0.2) is 5.13 Å². The van der Waals surface area contributed by atoms with E-state index in [0.29, 0.717) is 6.42 Å². The normalized spacial score (nSPS) is 14.8. The summed E-state index contributed by atoms with van der Waals surface area (Å²) in [4.78, 5) is 23.1. The van der Waals surface area contributed by atoms with Gasteiger partial charge in [-0.25, -0.2) is 4.98 Å². The summed E-state index contributed by atoms with van der Waals surface area (Å²) in [6.07, 6.45) is 1.58. The van der Waals surface area contributed by atoms with Gasteiger partial charge in [0.2, 0.25) is 5.91 Å². The number of carbonyl (C=O) groups is 1. The molecule has 0 radical (unpaired) electrons. The predicted molar refractivity (Wildman–Crippen MR) is 137 cm³/mol. The van der Waals surface area contributed by atoms with Gasteiger partial charge in [0.05, 0.1) is 10.2 Å². The molecule has 0 aliphatic carbocycles. The van der Waals surface area contributed by atoms with Crippen molar-refractivity contribution < 1.29 is 4.79 Å². The molecule has 170 valence electrons. The fourth-order valence-corrected chi connectivity index (χ4v) is 5.83. The van der Waals surface area contributed by atoms with Gasteiger partial charge in [-0.2, -0.15) is 0 Å². The van der Waals surface area contributed by atoms with E-state index < -0.39 is 0 Å². The molecule has 0 unspecified atom stereocenters. The second-order valence-corrected chi connectivity index (χ2v) is 10.4. The van der Waals surface area contributed by atoms with Gasteiger partial charge in [-0.3, -0.25) is 9.69 Å². The van der Waals surface area contributed by atoms with Crippen LogP contribution in [0.25, 0.3) is 10.2 Å². The van der Waals surface area contributed by atoms with Gasteiger partial charge >= 0.3 is 0 Å². The Morgan fingerprint density at radius 2 is 1.91 bits per heavy atom. The Bertz CT molecular complexity index is 1030. The van der Waals surface area contributed by atoms with E-state index in [0.717, 1.165) is 56.6 Å². The van der Waals surface area contributed by atoms with E-state index in [1.54, 1.807) is 23.1 Å². The number of amides is 1. The third-order valence-corrected chi connectivity index (χ3v) is 7.98. The minimum Gasteiger partial charge on any atom is -0.355 e. The van der Waals surface area contributed by atoms with Crippen molar-refractivity contribution in [1.29, 1.82) is 0 Å². The van der Waals surface area contributed by atoms with Crippen LogP contribution in [0.5, 0.6) is 0 Å². The van der Waals surface area contributed by atoms with Crippen LogP contribution in [-0.2, 0) is 11.2 Å². The molecule has 1 saturated heterocycles. The highest BCUT2D eigenvalue weighted by Crippen LogP contribution is 2.31. The monoisotopic (exact) mass is 468 g/mol. The van der Waals surface area contributed by atoms with Gasteiger partial charge < -0.3 is 10.2 Å². The number of hydrogen-bond acceptors (Lipinski definition) is 6. The third kappa shape index (κ3) is 6.03. The highest BCUT2D eigenvalue weighted by molar-refractivity contribution is 7.99. The fraction of sp³-hybridized carbons (Fsp3) is 0.440. The number of carbonyl (C=O) groups excluding carboxylic acids is 1. The Kier molecular flexibility index (Phi) is 8.05. The number of piperazine rings is 1. The second kappa shape index (κ2) is 11.2. The van der Waals surface area contributed by atoms with Gasteiger partial charge in [-0.1, -0.05) is 48.1 Å². The Morgan fingerprint density at radius 1 is 1.12 bits per heavy atom. The first-order chi connectivity index (χ1) is 15.6. The van der Waals surface area contributed by atoms with Gasteiger partial charge in [-0.15, -0.1) is 11.8 Å². The minimum atomic E-state index is 0.143. The molecule has 2 aromatic carbocycles. The van der Waals surface area contributed by atoms with E-state index in [9.17, 15) is 4.79 Å². The van der Waals surface area contributed by atoms with E-state index in [1.165, 1.54) is 26.2 Å². The van der Waals surface area contributed by atoms with Gasteiger partial charge in [0.25, 0.3) is 0 Å². The molecule has 1 aliphatic heterocycles. The first kappa shape index (κ1) is 23.1. The molecule has 7 heteroatoms. The zero-order chi connectivity index (χ0) is 22.3. The number of aryl methyl sites for hydroxylation is 2. The summed E-state index contributed by atoms with van der Waals surface area (Å²) >= 11 is 3.54. The van der Waals surface area contributed by atoms with Crippen LogP contribution in [0.3, 0.4) is 0 Å². The number of para-hydroxylation sites is 1. The summed E-state index contributed by atoms with van der Waals surface area (Å²) in [5.74, 6) is 0.958. The van der Waals surface area contributed by atoms with Crippen LogP contribution in [0.2, 0.25) is 0 Å². The van der Waals surface area contributed by atoms with Gasteiger partial charge in [0, 0.05) is 56.3 Å². The maximum absolute atomic E-state index is 12.1. The lowest BCUT2D eigenvalue weighted by Gasteiger charge is -2.34. The SMILES string of the molecule is CCc1cccc2sc(N3CCN(CCNC(=O)CCSc4ccc(C)cc4)CC3)nc12. The molecule has 5 nitrogen and oxygen atoms in total. The molecule has 1 N–H and O–H groups in total. The quantitative estimate of drug-likeness (QED) is 0.466. The van der Waals surface area contributed by atoms with E-state index in [1.807, 2.05) is 0 Å². The molecular weight excluding hydrogens is 436 g/mol. The van der Waals surface area contributed by atoms with Crippen molar-refractivity contribution in [3.05, 3.63) is 53.6 Å². The maximum Gasteiger partial charge on any atom is 0.220 e. The molecular formula is C25H32N4OS2. The Labute approximate surface area is 199 Å². The number of nitrogens with one attached hydrogen (secondary N) is 1. The molecule has 0 saturated carbocycles. The van der Waals surface area contributed by atoms with E-state index in [-0.39, 0.29) is 5.91 Å². The van der Waals surface area contributed by atoms with Gasteiger partial charge in [-0.05, 0) is 37.1 Å². The zero-order valence-electron chi connectivity index (χ0n) is 19.0. The van der Waals surface area contributed by atoms with Crippen LogP contribution in [-0.4, -0.2) is 60.8 Å². The number of nitrogens with zero attached hydrogens (tertiary/aromatic N) is 3. The van der Waals surface area contributed by atoms with Crippen molar-refractivity contribution in [3.63, 3.8) is 0 Å². The second-order valence-electron chi connectivity index (χ2n) is 8.20. The van der Waals surface area contributed by atoms with Crippen LogP contribution in [0, 0.1) is 6.92 Å². The Hall–Kier alpha value is -2.09. The van der Waals surface area contributed by atoms with Crippen molar-refractivity contribution >= 4 is 44.4 Å². The fourth-order valence-electron chi connectivity index (χ4n) is 3.92. The Morgan fingerprint density at radius 3 is 2.66 bits per heavy atom. The van der Waals surface area contributed by atoms with Crippen LogP contribution in [0.1, 0.15) is 24.5 Å². The summed E-state index contributed by atoms with van der Waals surface area (Å²) in [5, 5.41) is 4.22. The number of aromatic nitrogens is 1. The summed E-state index contributed by atoms with van der Waals surface area (Å²) in [7, 11) is 0. The third-order valence-electron chi connectivity index (χ3n) is 5.88. The Balaban J connectivity index is 1.15. The molecule has 2 heterocycles. The predicted octanol–water partition coefficient (Wildman–Crippen LogP) is 4.59. The lowest BCUT2D eigenvalue weighted by atomic mass is 10.1. The highest BCUT2D eigenvalue weighted by atomic mass is 32.2. The summed E-state index contributed by atoms with van der Waals surface area (Å²) in [5.41, 5.74) is 3.76. The molecule has 0 bridgehead atoms. The number of rotatable bonds is 9. The number of hydrogen-bond donors (Lipinski definition) is 1. The molecule has 0 spiro atoms. The topological polar surface area (TPSA) is 48.5 Å². The average molecular weight is 469 g/mol. The minimum absolute atomic E-state index is 0.143. The van der Waals surface area contributed by atoms with E-state index >= 15 is 0 Å². The number of thioether (sulfide) groups is 1. The molecule has 1 aliphatic rings. The van der Waals surface area contributed by atoms with Crippen molar-refractivity contribution in [2.75, 3.05) is 49.9 Å². The smallest absolute Gasteiger partial charge is 0.220 e. The van der Waals surface area contributed by atoms with Crippen LogP contribution >= 0.6 is 23.1 Å². The van der Waals surface area contributed by atoms with Crippen molar-refractivity contribution in [3.8, 4) is 0 Å². The summed E-state index contributed by atoms with van der Waals surface area (Å²) < 4.78 is 1.28. The van der Waals surface area contributed by atoms with Crippen molar-refractivity contribution in [2.45, 2.75) is 31.6 Å². The lowest BCUT2D eigenvalue weighted by Crippen LogP contribution is -2.48. The largest absolute Gasteiger partial charge is 0.355 e. The zero-order valence-corrected chi connectivity index (χ0v) is 20.6. The molecule has 4 rings (SSSR count). The highest BCUT2D eigenvalue weighted by Gasteiger charge is 2.20. The van der Waals surface area contributed by atoms with Crippen LogP contribution in [0.4, 0.5) is 5.13 Å². The van der Waals surface area contributed by atoms with Crippen LogP contribution < -0.4 is 10.2 Å². The van der Waals surface area contributed by atoms with E-state index in [2.05, 4.69) is 71.4 Å². The van der Waals surface area contributed by atoms with E-state index in [4.69, 9.17) is 4.98 Å². The first-order valence-corrected chi connectivity index (χ1v) is 13.2. The molecule has 1 fully saturated rings. The number of fused-ring (bicyclic) bond motifs is 1. The molecule has 3 aromatic rings. The number of anilines is 1. The summed E-state index contributed by atoms with van der Waals surface area (Å²) in [6, 6.07) is 15.0. The molecule has 1 amide bonds. The molecule has 0 atom stereocenters. The van der Waals surface area contributed by atoms with Crippen molar-refractivity contribution in [1.82, 2.24) is 15.2 Å². The van der Waals surface area contributed by atoms with Crippen LogP contribution in [0.15, 0.2) is 47.4 Å². The van der Waals surface area contributed by atoms with Crippen molar-refractivity contribution in [2.24, 2.45) is 0 Å². The number of thiazole rings is 1.